The van der Waals surface area contributed by atoms with Crippen LogP contribution in [0.15, 0.2) is 47.4 Å². The largest absolute Gasteiger partial charge is 0.481 e. The van der Waals surface area contributed by atoms with Gasteiger partial charge in [0.05, 0.1) is 10.9 Å². The molecule has 7 heteroatoms. The summed E-state index contributed by atoms with van der Waals surface area (Å²) in [5.41, 5.74) is 0. The number of fused-ring (bicyclic) bond motifs is 1. The van der Waals surface area contributed by atoms with E-state index in [1.54, 1.807) is 18.2 Å². The lowest BCUT2D eigenvalue weighted by Crippen LogP contribution is -2.36. The molecule has 0 bridgehead atoms. The number of sulfonamides is 1. The van der Waals surface area contributed by atoms with Crippen molar-refractivity contribution in [2.75, 3.05) is 0 Å². The maximum Gasteiger partial charge on any atom is 0.303 e. The first-order chi connectivity index (χ1) is 10.4. The van der Waals surface area contributed by atoms with Crippen molar-refractivity contribution in [3.63, 3.8) is 0 Å². The van der Waals surface area contributed by atoms with Gasteiger partial charge in [-0.15, -0.1) is 0 Å². The highest BCUT2D eigenvalue weighted by molar-refractivity contribution is 7.89. The predicted molar refractivity (Wildman–Crippen MR) is 80.6 cm³/mol. The molecule has 1 radical (unpaired) electrons. The molecule has 2 aromatic carbocycles. The monoisotopic (exact) mass is 320 g/mol. The molecule has 0 aliphatic heterocycles. The standard InChI is InChI=1S/C15H14NO5S/c17-10-13(6-8-15(18)19)16-22(20,21)14-7-5-11-3-1-2-4-12(11)9-14/h1-5,7,9,13,16H,6,8H2,(H,18,19)/t13-/m0/s1. The molecule has 2 N–H and O–H groups in total. The number of carboxylic acids is 1. The molecule has 0 unspecified atom stereocenters. The third-order valence-corrected chi connectivity index (χ3v) is 4.59. The van der Waals surface area contributed by atoms with E-state index in [-0.39, 0.29) is 17.7 Å². The molecule has 6 nitrogen and oxygen atoms in total. The van der Waals surface area contributed by atoms with Gasteiger partial charge in [-0.25, -0.2) is 13.1 Å². The van der Waals surface area contributed by atoms with E-state index >= 15 is 0 Å². The number of aliphatic carboxylic acids is 1. The highest BCUT2D eigenvalue weighted by Crippen LogP contribution is 2.19. The molecule has 0 aliphatic rings. The number of benzene rings is 2. The minimum Gasteiger partial charge on any atom is -0.481 e. The van der Waals surface area contributed by atoms with Crippen molar-refractivity contribution in [2.45, 2.75) is 23.8 Å². The Morgan fingerprint density at radius 3 is 2.50 bits per heavy atom. The van der Waals surface area contributed by atoms with Crippen molar-refractivity contribution < 1.29 is 23.1 Å². The van der Waals surface area contributed by atoms with Gasteiger partial charge in [-0.05, 0) is 29.3 Å². The zero-order valence-corrected chi connectivity index (χ0v) is 12.3. The molecule has 2 aromatic rings. The van der Waals surface area contributed by atoms with Crippen LogP contribution >= 0.6 is 0 Å². The molecule has 2 rings (SSSR count). The summed E-state index contributed by atoms with van der Waals surface area (Å²) >= 11 is 0. The van der Waals surface area contributed by atoms with Gasteiger partial charge in [0, 0.05) is 6.42 Å². The van der Waals surface area contributed by atoms with E-state index in [1.165, 1.54) is 18.4 Å². The molecule has 0 fully saturated rings. The van der Waals surface area contributed by atoms with Crippen molar-refractivity contribution in [3.8, 4) is 0 Å². The van der Waals surface area contributed by atoms with Crippen molar-refractivity contribution >= 4 is 33.1 Å². The van der Waals surface area contributed by atoms with Gasteiger partial charge in [0.25, 0.3) is 0 Å². The van der Waals surface area contributed by atoms with Crippen molar-refractivity contribution in [1.29, 1.82) is 0 Å². The summed E-state index contributed by atoms with van der Waals surface area (Å²) in [7, 11) is -3.92. The highest BCUT2D eigenvalue weighted by Gasteiger charge is 2.21. The molecule has 0 heterocycles. The van der Waals surface area contributed by atoms with Gasteiger partial charge in [-0.3, -0.25) is 9.59 Å². The van der Waals surface area contributed by atoms with Crippen LogP contribution in [0.2, 0.25) is 0 Å². The van der Waals surface area contributed by atoms with E-state index < -0.39 is 22.0 Å². The molecular formula is C15H14NO5S. The Balaban J connectivity index is 2.23. The van der Waals surface area contributed by atoms with Gasteiger partial charge in [0.1, 0.15) is 0 Å². The Morgan fingerprint density at radius 2 is 1.86 bits per heavy atom. The van der Waals surface area contributed by atoms with Gasteiger partial charge >= 0.3 is 5.97 Å². The first kappa shape index (κ1) is 16.1. The summed E-state index contributed by atoms with van der Waals surface area (Å²) in [6.45, 7) is 0. The van der Waals surface area contributed by atoms with Crippen LogP contribution in [0.1, 0.15) is 12.8 Å². The average molecular weight is 320 g/mol. The minimum absolute atomic E-state index is 0.0155. The van der Waals surface area contributed by atoms with Crippen LogP contribution in [0.3, 0.4) is 0 Å². The fourth-order valence-electron chi connectivity index (χ4n) is 2.00. The number of carboxylic acid groups (broad SMARTS) is 1. The molecule has 0 aromatic heterocycles. The Labute approximate surface area is 127 Å². The van der Waals surface area contributed by atoms with Gasteiger partial charge < -0.3 is 5.11 Å². The quantitative estimate of drug-likeness (QED) is 0.804. The Morgan fingerprint density at radius 1 is 1.18 bits per heavy atom. The van der Waals surface area contributed by atoms with Gasteiger partial charge in [-0.1, -0.05) is 30.3 Å². The number of rotatable bonds is 7. The average Bonchev–Trinajstić information content (AvgIpc) is 2.50. The Hall–Kier alpha value is -2.25. The highest BCUT2D eigenvalue weighted by atomic mass is 32.2. The lowest BCUT2D eigenvalue weighted by molar-refractivity contribution is -0.137. The van der Waals surface area contributed by atoms with Crippen LogP contribution in [-0.4, -0.2) is 31.8 Å². The number of carbonyl (C=O) groups excluding carboxylic acids is 1. The maximum atomic E-state index is 12.3. The lowest BCUT2D eigenvalue weighted by atomic mass is 10.1. The van der Waals surface area contributed by atoms with Gasteiger partial charge in [-0.2, -0.15) is 0 Å². The molecular weight excluding hydrogens is 306 g/mol. The summed E-state index contributed by atoms with van der Waals surface area (Å²) in [5.74, 6) is -1.11. The summed E-state index contributed by atoms with van der Waals surface area (Å²) in [5, 5.41) is 10.2. The van der Waals surface area contributed by atoms with Crippen LogP contribution in [0.5, 0.6) is 0 Å². The van der Waals surface area contributed by atoms with E-state index in [4.69, 9.17) is 5.11 Å². The fourth-order valence-corrected chi connectivity index (χ4v) is 3.21. The molecule has 115 valence electrons. The minimum atomic E-state index is -3.92. The van der Waals surface area contributed by atoms with Crippen LogP contribution in [0, 0.1) is 0 Å². The van der Waals surface area contributed by atoms with E-state index in [1.807, 2.05) is 12.1 Å². The van der Waals surface area contributed by atoms with Gasteiger partial charge in [0.15, 0.2) is 0 Å². The SMILES string of the molecule is O=[C][C@H](CCC(=O)O)NS(=O)(=O)c1ccc2ccccc2c1. The zero-order chi connectivity index (χ0) is 16.2. The van der Waals surface area contributed by atoms with Crippen molar-refractivity contribution in [3.05, 3.63) is 42.5 Å². The number of carbonyl (C=O) groups is 1. The second-order valence-corrected chi connectivity index (χ2v) is 6.45. The molecule has 1 atom stereocenters. The van der Waals surface area contributed by atoms with Crippen molar-refractivity contribution in [1.82, 2.24) is 4.72 Å². The van der Waals surface area contributed by atoms with Crippen LogP contribution < -0.4 is 4.72 Å². The van der Waals surface area contributed by atoms with E-state index in [0.29, 0.717) is 0 Å². The van der Waals surface area contributed by atoms with Crippen molar-refractivity contribution in [2.24, 2.45) is 0 Å². The number of hydrogen-bond acceptors (Lipinski definition) is 4. The maximum absolute atomic E-state index is 12.3. The molecule has 22 heavy (non-hydrogen) atoms. The molecule has 0 saturated carbocycles. The summed E-state index contributed by atoms with van der Waals surface area (Å²) in [6, 6.07) is 10.7. The third-order valence-electron chi connectivity index (χ3n) is 3.12. The van der Waals surface area contributed by atoms with E-state index in [0.717, 1.165) is 10.8 Å². The fraction of sp³-hybridized carbons (Fsp3) is 0.200. The molecule has 0 amide bonds. The smallest absolute Gasteiger partial charge is 0.303 e. The second kappa shape index (κ2) is 6.67. The molecule has 0 spiro atoms. The first-order valence-electron chi connectivity index (χ1n) is 6.53. The lowest BCUT2D eigenvalue weighted by Gasteiger charge is -2.12. The first-order valence-corrected chi connectivity index (χ1v) is 8.01. The number of hydrogen-bond donors (Lipinski definition) is 2. The van der Waals surface area contributed by atoms with Gasteiger partial charge in [0.2, 0.25) is 16.3 Å². The predicted octanol–water partition coefficient (Wildman–Crippen LogP) is 1.46. The Bertz CT molecular complexity index is 800. The topological polar surface area (TPSA) is 101 Å². The molecule has 0 aliphatic carbocycles. The normalized spacial score (nSPS) is 12.9. The number of nitrogens with one attached hydrogen (secondary N) is 1. The summed E-state index contributed by atoms with van der Waals surface area (Å²) in [6.07, 6.45) is 1.05. The zero-order valence-electron chi connectivity index (χ0n) is 11.5. The summed E-state index contributed by atoms with van der Waals surface area (Å²) in [4.78, 5) is 21.3. The third kappa shape index (κ3) is 3.90. The Kier molecular flexibility index (Phi) is 4.89. The second-order valence-electron chi connectivity index (χ2n) is 4.73. The van der Waals surface area contributed by atoms with Crippen LogP contribution in [0.25, 0.3) is 10.8 Å². The van der Waals surface area contributed by atoms with Crippen LogP contribution in [-0.2, 0) is 19.6 Å². The van der Waals surface area contributed by atoms with Crippen LogP contribution in [0.4, 0.5) is 0 Å². The van der Waals surface area contributed by atoms with E-state index in [9.17, 15) is 18.0 Å². The summed E-state index contributed by atoms with van der Waals surface area (Å²) < 4.78 is 26.7. The molecule has 0 saturated heterocycles. The van der Waals surface area contributed by atoms with E-state index in [2.05, 4.69) is 4.72 Å².